The number of aromatic nitrogens is 4. The van der Waals surface area contributed by atoms with Crippen molar-refractivity contribution in [2.75, 3.05) is 11.1 Å². The first kappa shape index (κ1) is 20.9. The van der Waals surface area contributed by atoms with Crippen molar-refractivity contribution >= 4 is 35.2 Å². The average Bonchev–Trinajstić information content (AvgIpc) is 3.33. The van der Waals surface area contributed by atoms with Gasteiger partial charge in [0, 0.05) is 31.8 Å². The second-order valence-corrected chi connectivity index (χ2v) is 8.29. The number of benzene rings is 1. The zero-order valence-corrected chi connectivity index (χ0v) is 18.0. The second kappa shape index (κ2) is 8.76. The van der Waals surface area contributed by atoms with Crippen molar-refractivity contribution in [1.29, 1.82) is 0 Å². The van der Waals surface area contributed by atoms with Gasteiger partial charge >= 0.3 is 0 Å². The molecule has 1 fully saturated rings. The summed E-state index contributed by atoms with van der Waals surface area (Å²) in [4.78, 5) is 36.0. The molecule has 0 bridgehead atoms. The van der Waals surface area contributed by atoms with E-state index in [1.165, 1.54) is 18.7 Å². The molecule has 1 aliphatic carbocycles. The van der Waals surface area contributed by atoms with E-state index in [9.17, 15) is 14.4 Å². The first-order valence-electron chi connectivity index (χ1n) is 9.84. The van der Waals surface area contributed by atoms with E-state index in [0.29, 0.717) is 22.5 Å². The summed E-state index contributed by atoms with van der Waals surface area (Å²) < 4.78 is 3.57. The van der Waals surface area contributed by atoms with Crippen LogP contribution in [0.1, 0.15) is 42.0 Å². The minimum atomic E-state index is -0.443. The fourth-order valence-electron chi connectivity index (χ4n) is 3.20. The minimum Gasteiger partial charge on any atom is -0.347 e. The number of carbonyl (C=O) groups excluding carboxylic acids is 3. The SMILES string of the molecule is CC(=O)Nc1cccc(-n2c(SCC(=O)NC(=O)c3cccn3C)nnc2C2CC2)c1. The van der Waals surface area contributed by atoms with E-state index in [2.05, 4.69) is 20.8 Å². The third-order valence-corrected chi connectivity index (χ3v) is 5.72. The van der Waals surface area contributed by atoms with Crippen LogP contribution < -0.4 is 10.6 Å². The van der Waals surface area contributed by atoms with Gasteiger partial charge in [0.25, 0.3) is 5.91 Å². The maximum Gasteiger partial charge on any atom is 0.274 e. The molecule has 0 spiro atoms. The lowest BCUT2D eigenvalue weighted by molar-refractivity contribution is -0.117. The third-order valence-electron chi connectivity index (χ3n) is 4.79. The van der Waals surface area contributed by atoms with Crippen LogP contribution in [0.25, 0.3) is 5.69 Å². The fourth-order valence-corrected chi connectivity index (χ4v) is 3.96. The number of carbonyl (C=O) groups is 3. The Balaban J connectivity index is 1.50. The van der Waals surface area contributed by atoms with Gasteiger partial charge in [-0.1, -0.05) is 17.8 Å². The fraction of sp³-hybridized carbons (Fsp3) is 0.286. The van der Waals surface area contributed by atoms with Gasteiger partial charge in [-0.25, -0.2) is 0 Å². The quantitative estimate of drug-likeness (QED) is 0.549. The summed E-state index contributed by atoms with van der Waals surface area (Å²) in [5.41, 5.74) is 1.88. The molecule has 1 aliphatic rings. The standard InChI is InChI=1S/C21H22N6O3S/c1-13(28)22-15-5-3-6-16(11-15)27-19(14-8-9-14)24-25-21(27)31-12-18(29)23-20(30)17-7-4-10-26(17)2/h3-7,10-11,14H,8-9,12H2,1-2H3,(H,22,28)(H,23,29,30). The van der Waals surface area contributed by atoms with Crippen molar-refractivity contribution in [2.45, 2.75) is 30.8 Å². The van der Waals surface area contributed by atoms with Crippen molar-refractivity contribution in [3.63, 3.8) is 0 Å². The highest BCUT2D eigenvalue weighted by Crippen LogP contribution is 2.41. The van der Waals surface area contributed by atoms with Crippen LogP contribution in [0, 0.1) is 0 Å². The summed E-state index contributed by atoms with van der Waals surface area (Å²) >= 11 is 1.21. The molecule has 1 aromatic carbocycles. The van der Waals surface area contributed by atoms with Gasteiger partial charge in [0.2, 0.25) is 11.8 Å². The zero-order chi connectivity index (χ0) is 22.0. The molecule has 2 N–H and O–H groups in total. The number of rotatable bonds is 7. The lowest BCUT2D eigenvalue weighted by Gasteiger charge is -2.12. The van der Waals surface area contributed by atoms with Crippen LogP contribution in [0.3, 0.4) is 0 Å². The second-order valence-electron chi connectivity index (χ2n) is 7.35. The van der Waals surface area contributed by atoms with Gasteiger partial charge in [-0.3, -0.25) is 24.3 Å². The summed E-state index contributed by atoms with van der Waals surface area (Å²) in [7, 11) is 1.74. The minimum absolute atomic E-state index is 0.0182. The first-order chi connectivity index (χ1) is 14.9. The maximum absolute atomic E-state index is 12.3. The van der Waals surface area contributed by atoms with E-state index >= 15 is 0 Å². The number of hydrogen-bond donors (Lipinski definition) is 2. The molecule has 4 rings (SSSR count). The Kier molecular flexibility index (Phi) is 5.90. The molecular formula is C21H22N6O3S. The number of aryl methyl sites for hydroxylation is 1. The lowest BCUT2D eigenvalue weighted by Crippen LogP contribution is -2.33. The topological polar surface area (TPSA) is 111 Å². The van der Waals surface area contributed by atoms with Gasteiger partial charge in [0.05, 0.1) is 11.4 Å². The number of anilines is 1. The molecule has 2 aromatic heterocycles. The normalized spacial score (nSPS) is 13.1. The lowest BCUT2D eigenvalue weighted by atomic mass is 10.2. The van der Waals surface area contributed by atoms with E-state index < -0.39 is 11.8 Å². The largest absolute Gasteiger partial charge is 0.347 e. The van der Waals surface area contributed by atoms with Gasteiger partial charge in [-0.2, -0.15) is 0 Å². The molecule has 2 heterocycles. The van der Waals surface area contributed by atoms with Gasteiger partial charge in [0.15, 0.2) is 5.16 Å². The molecule has 0 aliphatic heterocycles. The Morgan fingerprint density at radius 2 is 1.97 bits per heavy atom. The Morgan fingerprint density at radius 3 is 2.65 bits per heavy atom. The van der Waals surface area contributed by atoms with Gasteiger partial charge in [-0.05, 0) is 43.2 Å². The average molecular weight is 439 g/mol. The summed E-state index contributed by atoms with van der Waals surface area (Å²) in [5, 5.41) is 14.4. The zero-order valence-electron chi connectivity index (χ0n) is 17.2. The molecule has 31 heavy (non-hydrogen) atoms. The number of nitrogens with zero attached hydrogens (tertiary/aromatic N) is 4. The number of imide groups is 1. The predicted octanol–water partition coefficient (Wildman–Crippen LogP) is 2.49. The van der Waals surface area contributed by atoms with E-state index in [-0.39, 0.29) is 11.7 Å². The van der Waals surface area contributed by atoms with Crippen molar-refractivity contribution in [3.8, 4) is 5.69 Å². The third kappa shape index (κ3) is 4.85. The van der Waals surface area contributed by atoms with Crippen LogP contribution in [0.5, 0.6) is 0 Å². The van der Waals surface area contributed by atoms with Gasteiger partial charge in [0.1, 0.15) is 11.5 Å². The summed E-state index contributed by atoms with van der Waals surface area (Å²) in [5.74, 6) is 0.177. The van der Waals surface area contributed by atoms with Crippen LogP contribution in [0.2, 0.25) is 0 Å². The number of thioether (sulfide) groups is 1. The Labute approximate surface area is 183 Å². The van der Waals surface area contributed by atoms with Crippen molar-refractivity contribution in [3.05, 3.63) is 54.1 Å². The molecule has 0 saturated heterocycles. The van der Waals surface area contributed by atoms with Crippen molar-refractivity contribution in [1.82, 2.24) is 24.6 Å². The highest BCUT2D eigenvalue weighted by Gasteiger charge is 2.31. The maximum atomic E-state index is 12.3. The molecule has 9 nitrogen and oxygen atoms in total. The number of hydrogen-bond acceptors (Lipinski definition) is 6. The van der Waals surface area contributed by atoms with Crippen molar-refractivity contribution < 1.29 is 14.4 Å². The van der Waals surface area contributed by atoms with Gasteiger partial charge < -0.3 is 9.88 Å². The highest BCUT2D eigenvalue weighted by atomic mass is 32.2. The van der Waals surface area contributed by atoms with E-state index in [4.69, 9.17) is 0 Å². The molecule has 160 valence electrons. The van der Waals surface area contributed by atoms with Crippen LogP contribution in [-0.2, 0) is 16.6 Å². The molecule has 0 radical (unpaired) electrons. The Bertz CT molecular complexity index is 1150. The Hall–Kier alpha value is -3.40. The van der Waals surface area contributed by atoms with Crippen LogP contribution in [0.4, 0.5) is 5.69 Å². The van der Waals surface area contributed by atoms with Crippen molar-refractivity contribution in [2.24, 2.45) is 7.05 Å². The molecule has 3 aromatic rings. The summed E-state index contributed by atoms with van der Waals surface area (Å²) in [6, 6.07) is 10.8. The van der Waals surface area contributed by atoms with E-state index in [1.54, 1.807) is 29.9 Å². The number of amides is 3. The van der Waals surface area contributed by atoms with Crippen LogP contribution >= 0.6 is 11.8 Å². The molecule has 0 atom stereocenters. The highest BCUT2D eigenvalue weighted by molar-refractivity contribution is 7.99. The van der Waals surface area contributed by atoms with E-state index in [0.717, 1.165) is 24.4 Å². The first-order valence-corrected chi connectivity index (χ1v) is 10.8. The van der Waals surface area contributed by atoms with Gasteiger partial charge in [-0.15, -0.1) is 10.2 Å². The molecule has 1 saturated carbocycles. The molecular weight excluding hydrogens is 416 g/mol. The Morgan fingerprint density at radius 1 is 1.16 bits per heavy atom. The molecule has 3 amide bonds. The summed E-state index contributed by atoms with van der Waals surface area (Å²) in [6.07, 6.45) is 3.82. The monoisotopic (exact) mass is 438 g/mol. The van der Waals surface area contributed by atoms with Crippen LogP contribution in [-0.4, -0.2) is 42.8 Å². The molecule has 0 unspecified atom stereocenters. The van der Waals surface area contributed by atoms with Crippen LogP contribution in [0.15, 0.2) is 47.8 Å². The van der Waals surface area contributed by atoms with E-state index in [1.807, 2.05) is 28.8 Å². The summed E-state index contributed by atoms with van der Waals surface area (Å²) in [6.45, 7) is 1.46. The molecule has 10 heteroatoms. The number of nitrogens with one attached hydrogen (secondary N) is 2. The smallest absolute Gasteiger partial charge is 0.274 e. The predicted molar refractivity (Wildman–Crippen MR) is 116 cm³/mol.